The molecular weight excluding hydrogens is 268 g/mol. The summed E-state index contributed by atoms with van der Waals surface area (Å²) in [5, 5.41) is 23.2. The zero-order valence-electron chi connectivity index (χ0n) is 11.7. The first-order chi connectivity index (χ1) is 10.1. The van der Waals surface area contributed by atoms with E-state index >= 15 is 0 Å². The van der Waals surface area contributed by atoms with Gasteiger partial charge in [0.15, 0.2) is 5.69 Å². The fraction of sp³-hybridized carbons (Fsp3) is 0.375. The lowest BCUT2D eigenvalue weighted by atomic mass is 9.97. The van der Waals surface area contributed by atoms with Gasteiger partial charge in [0.2, 0.25) is 0 Å². The Balaban J connectivity index is 2.09. The average molecular weight is 286 g/mol. The van der Waals surface area contributed by atoms with E-state index in [0.717, 1.165) is 36.8 Å². The second-order valence-electron chi connectivity index (χ2n) is 5.65. The average Bonchev–Trinajstić information content (AvgIpc) is 2.96. The molecule has 0 spiro atoms. The number of nitrogens with one attached hydrogen (secondary N) is 1. The number of aromatic nitrogens is 1. The lowest BCUT2D eigenvalue weighted by Gasteiger charge is -2.30. The zero-order valence-corrected chi connectivity index (χ0v) is 11.7. The highest BCUT2D eigenvalue weighted by Crippen LogP contribution is 2.35. The molecule has 3 rings (SSSR count). The summed E-state index contributed by atoms with van der Waals surface area (Å²) < 4.78 is 0. The van der Waals surface area contributed by atoms with Crippen molar-refractivity contribution in [2.24, 2.45) is 0 Å². The number of benzene rings is 1. The molecule has 1 aromatic carbocycles. The summed E-state index contributed by atoms with van der Waals surface area (Å²) in [5.74, 6) is -1.05. The van der Waals surface area contributed by atoms with Gasteiger partial charge < -0.3 is 15.5 Å². The van der Waals surface area contributed by atoms with Crippen molar-refractivity contribution in [1.29, 1.82) is 0 Å². The first-order valence-electron chi connectivity index (χ1n) is 7.16. The molecule has 1 aliphatic carbocycles. The summed E-state index contributed by atoms with van der Waals surface area (Å²) in [7, 11) is 0. The van der Waals surface area contributed by atoms with Gasteiger partial charge in [0.1, 0.15) is 0 Å². The number of para-hydroxylation sites is 1. The Kier molecular flexibility index (Phi) is 3.51. The summed E-state index contributed by atoms with van der Waals surface area (Å²) in [4.78, 5) is 15.4. The molecule has 5 heteroatoms. The summed E-state index contributed by atoms with van der Waals surface area (Å²) in [6.07, 6.45) is 3.93. The van der Waals surface area contributed by atoms with E-state index in [0.29, 0.717) is 5.52 Å². The highest BCUT2D eigenvalue weighted by Gasteiger charge is 2.33. The minimum absolute atomic E-state index is 0.0160. The molecule has 3 N–H and O–H groups in total. The van der Waals surface area contributed by atoms with Crippen LogP contribution >= 0.6 is 0 Å². The molecule has 21 heavy (non-hydrogen) atoms. The van der Waals surface area contributed by atoms with Crippen molar-refractivity contribution in [3.05, 3.63) is 36.0 Å². The van der Waals surface area contributed by atoms with Gasteiger partial charge in [0.05, 0.1) is 17.7 Å². The number of hydrogen-bond donors (Lipinski definition) is 3. The molecule has 0 aliphatic heterocycles. The van der Waals surface area contributed by atoms with Gasteiger partial charge in [0, 0.05) is 11.1 Å². The van der Waals surface area contributed by atoms with E-state index in [2.05, 4.69) is 10.3 Å². The number of fused-ring (bicyclic) bond motifs is 1. The predicted molar refractivity (Wildman–Crippen MR) is 80.6 cm³/mol. The number of nitrogens with zero attached hydrogens (tertiary/aromatic N) is 1. The quantitative estimate of drug-likeness (QED) is 0.805. The summed E-state index contributed by atoms with van der Waals surface area (Å²) in [5.41, 5.74) is 1.04. The largest absolute Gasteiger partial charge is 0.477 e. The molecule has 1 aliphatic rings. The van der Waals surface area contributed by atoms with Crippen molar-refractivity contribution in [2.75, 3.05) is 11.9 Å². The van der Waals surface area contributed by atoms with Crippen LogP contribution in [0.1, 0.15) is 36.2 Å². The van der Waals surface area contributed by atoms with E-state index < -0.39 is 5.97 Å². The molecule has 0 bridgehead atoms. The summed E-state index contributed by atoms with van der Waals surface area (Å²) in [6.45, 7) is 0.0477. The minimum Gasteiger partial charge on any atom is -0.477 e. The molecule has 0 unspecified atom stereocenters. The SMILES string of the molecule is O=C(O)c1cc(NC2(CO)CCCC2)c2ccccc2n1. The third kappa shape index (κ3) is 2.56. The second-order valence-corrected chi connectivity index (χ2v) is 5.65. The van der Waals surface area contributed by atoms with Crippen LogP contribution in [0.15, 0.2) is 30.3 Å². The Bertz CT molecular complexity index is 678. The van der Waals surface area contributed by atoms with Crippen LogP contribution in [-0.2, 0) is 0 Å². The van der Waals surface area contributed by atoms with Gasteiger partial charge in [-0.1, -0.05) is 31.0 Å². The molecule has 1 heterocycles. The number of aliphatic hydroxyl groups excluding tert-OH is 1. The van der Waals surface area contributed by atoms with E-state index in [4.69, 9.17) is 0 Å². The third-order valence-corrected chi connectivity index (χ3v) is 4.20. The maximum Gasteiger partial charge on any atom is 0.354 e. The summed E-state index contributed by atoms with van der Waals surface area (Å²) in [6, 6.07) is 9.00. The number of rotatable bonds is 4. The standard InChI is InChI=1S/C16H18N2O3/c19-10-16(7-3-4-8-16)18-13-9-14(15(20)21)17-12-6-2-1-5-11(12)13/h1-2,5-6,9,19H,3-4,7-8,10H2,(H,17,18)(H,20,21). The van der Waals surface area contributed by atoms with Gasteiger partial charge in [-0.15, -0.1) is 0 Å². The van der Waals surface area contributed by atoms with Gasteiger partial charge in [-0.25, -0.2) is 9.78 Å². The highest BCUT2D eigenvalue weighted by molar-refractivity contribution is 5.97. The Morgan fingerprint density at radius 1 is 1.29 bits per heavy atom. The molecule has 0 saturated heterocycles. The number of carboxylic acids is 1. The van der Waals surface area contributed by atoms with Crippen LogP contribution in [0.25, 0.3) is 10.9 Å². The molecule has 110 valence electrons. The summed E-state index contributed by atoms with van der Waals surface area (Å²) >= 11 is 0. The highest BCUT2D eigenvalue weighted by atomic mass is 16.4. The fourth-order valence-electron chi connectivity index (χ4n) is 3.05. The first kappa shape index (κ1) is 13.8. The van der Waals surface area contributed by atoms with Crippen LogP contribution in [0.2, 0.25) is 0 Å². The molecule has 1 fully saturated rings. The van der Waals surface area contributed by atoms with Crippen molar-refractivity contribution in [3.8, 4) is 0 Å². The van der Waals surface area contributed by atoms with Crippen LogP contribution in [0.3, 0.4) is 0 Å². The first-order valence-corrected chi connectivity index (χ1v) is 7.16. The topological polar surface area (TPSA) is 82.5 Å². The van der Waals surface area contributed by atoms with Crippen molar-refractivity contribution < 1.29 is 15.0 Å². The van der Waals surface area contributed by atoms with E-state index in [9.17, 15) is 15.0 Å². The van der Waals surface area contributed by atoms with Crippen molar-refractivity contribution in [2.45, 2.75) is 31.2 Å². The Hall–Kier alpha value is -2.14. The lowest BCUT2D eigenvalue weighted by Crippen LogP contribution is -2.39. The van der Waals surface area contributed by atoms with Gasteiger partial charge in [-0.3, -0.25) is 0 Å². The Morgan fingerprint density at radius 3 is 2.67 bits per heavy atom. The van der Waals surface area contributed by atoms with E-state index in [1.54, 1.807) is 12.1 Å². The number of carboxylic acid groups (broad SMARTS) is 1. The molecule has 2 aromatic rings. The lowest BCUT2D eigenvalue weighted by molar-refractivity contribution is 0.0691. The van der Waals surface area contributed by atoms with Crippen LogP contribution in [-0.4, -0.2) is 33.3 Å². The minimum atomic E-state index is -1.05. The number of anilines is 1. The van der Waals surface area contributed by atoms with Gasteiger partial charge in [0.25, 0.3) is 0 Å². The van der Waals surface area contributed by atoms with E-state index in [1.807, 2.05) is 18.2 Å². The van der Waals surface area contributed by atoms with Crippen LogP contribution < -0.4 is 5.32 Å². The number of aliphatic hydroxyl groups is 1. The van der Waals surface area contributed by atoms with Crippen LogP contribution in [0.4, 0.5) is 5.69 Å². The number of carbonyl (C=O) groups is 1. The fourth-order valence-corrected chi connectivity index (χ4v) is 3.05. The van der Waals surface area contributed by atoms with E-state index in [1.165, 1.54) is 0 Å². The molecule has 1 saturated carbocycles. The van der Waals surface area contributed by atoms with Crippen molar-refractivity contribution >= 4 is 22.6 Å². The molecule has 1 aromatic heterocycles. The third-order valence-electron chi connectivity index (χ3n) is 4.20. The van der Waals surface area contributed by atoms with Crippen LogP contribution in [0.5, 0.6) is 0 Å². The Morgan fingerprint density at radius 2 is 2.00 bits per heavy atom. The smallest absolute Gasteiger partial charge is 0.354 e. The predicted octanol–water partition coefficient (Wildman–Crippen LogP) is 2.65. The number of aromatic carboxylic acids is 1. The maximum absolute atomic E-state index is 11.2. The molecule has 0 radical (unpaired) electrons. The maximum atomic E-state index is 11.2. The molecule has 5 nitrogen and oxygen atoms in total. The number of pyridine rings is 1. The van der Waals surface area contributed by atoms with Crippen molar-refractivity contribution in [1.82, 2.24) is 4.98 Å². The normalized spacial score (nSPS) is 17.0. The van der Waals surface area contributed by atoms with Gasteiger partial charge in [-0.05, 0) is 25.0 Å². The van der Waals surface area contributed by atoms with Crippen LogP contribution in [0, 0.1) is 0 Å². The monoisotopic (exact) mass is 286 g/mol. The molecule has 0 amide bonds. The van der Waals surface area contributed by atoms with Gasteiger partial charge in [-0.2, -0.15) is 0 Å². The second kappa shape index (κ2) is 5.33. The zero-order chi connectivity index (χ0) is 14.9. The molecule has 0 atom stereocenters. The number of hydrogen-bond acceptors (Lipinski definition) is 4. The van der Waals surface area contributed by atoms with E-state index in [-0.39, 0.29) is 17.8 Å². The van der Waals surface area contributed by atoms with Crippen molar-refractivity contribution in [3.63, 3.8) is 0 Å². The van der Waals surface area contributed by atoms with Gasteiger partial charge >= 0.3 is 5.97 Å². The molecular formula is C16H18N2O3. The Labute approximate surface area is 122 Å².